The third-order valence-corrected chi connectivity index (χ3v) is 5.97. The molecule has 2 N–H and O–H groups in total. The molecule has 1 saturated carbocycles. The maximum absolute atomic E-state index is 13.4. The van der Waals surface area contributed by atoms with E-state index in [1.807, 2.05) is 12.1 Å². The lowest BCUT2D eigenvalue weighted by Crippen LogP contribution is -2.50. The van der Waals surface area contributed by atoms with Gasteiger partial charge in [-0.15, -0.1) is 0 Å². The van der Waals surface area contributed by atoms with Gasteiger partial charge < -0.3 is 15.2 Å². The van der Waals surface area contributed by atoms with Crippen molar-refractivity contribution in [3.05, 3.63) is 71.7 Å². The van der Waals surface area contributed by atoms with E-state index in [1.165, 1.54) is 12.1 Å². The lowest BCUT2D eigenvalue weighted by atomic mass is 9.89. The van der Waals surface area contributed by atoms with E-state index in [-0.39, 0.29) is 17.6 Å². The van der Waals surface area contributed by atoms with Crippen LogP contribution >= 0.6 is 0 Å². The zero-order valence-electron chi connectivity index (χ0n) is 17.5. The average molecular weight is 447 g/mol. The van der Waals surface area contributed by atoms with Gasteiger partial charge in [-0.2, -0.15) is 13.2 Å². The maximum Gasteiger partial charge on any atom is 0.406 e. The van der Waals surface area contributed by atoms with Gasteiger partial charge in [-0.3, -0.25) is 4.79 Å². The number of nitrogens with one attached hydrogen (secondary N) is 2. The highest BCUT2D eigenvalue weighted by Gasteiger charge is 2.39. The number of rotatable bonds is 6. The van der Waals surface area contributed by atoms with Crippen molar-refractivity contribution in [1.82, 2.24) is 15.2 Å². The fourth-order valence-corrected chi connectivity index (χ4v) is 4.40. The number of aromatic amines is 1. The third-order valence-electron chi connectivity index (χ3n) is 5.97. The summed E-state index contributed by atoms with van der Waals surface area (Å²) in [5.74, 6) is -0.951. The summed E-state index contributed by atoms with van der Waals surface area (Å²) in [6.45, 7) is -0.788. The van der Waals surface area contributed by atoms with Crippen molar-refractivity contribution in [3.63, 3.8) is 0 Å². The van der Waals surface area contributed by atoms with Gasteiger partial charge in [0.15, 0.2) is 0 Å². The van der Waals surface area contributed by atoms with E-state index in [1.54, 1.807) is 30.3 Å². The molecule has 0 spiro atoms. The minimum absolute atomic E-state index is 0.0231. The molecule has 0 saturated heterocycles. The topological polar surface area (TPSA) is 48.1 Å². The molecule has 0 bridgehead atoms. The summed E-state index contributed by atoms with van der Waals surface area (Å²) in [4.78, 5) is 17.1. The standard InChI is InChI=1S/C24H25F4N3O/c25-18-10-8-16(9-11-18)14-29-19-5-3-6-20(13-19)31(15-24(26,27)28)23(32)22-12-17-4-1-2-7-21(17)30-22/h1-2,4,7-12,19-20,29-30H,3,5-6,13-15H2. The fraction of sp³-hybridized carbons (Fsp3) is 0.375. The highest BCUT2D eigenvalue weighted by Crippen LogP contribution is 2.29. The van der Waals surface area contributed by atoms with E-state index in [9.17, 15) is 22.4 Å². The summed E-state index contributed by atoms with van der Waals surface area (Å²) < 4.78 is 53.3. The number of carbonyl (C=O) groups is 1. The molecule has 2 aromatic carbocycles. The second-order valence-electron chi connectivity index (χ2n) is 8.34. The van der Waals surface area contributed by atoms with E-state index in [0.717, 1.165) is 28.7 Å². The number of fused-ring (bicyclic) bond motifs is 1. The summed E-state index contributed by atoms with van der Waals surface area (Å²) in [6.07, 6.45) is -1.99. The van der Waals surface area contributed by atoms with Gasteiger partial charge in [0.25, 0.3) is 5.91 Å². The van der Waals surface area contributed by atoms with Crippen LogP contribution < -0.4 is 5.32 Å². The molecule has 8 heteroatoms. The predicted octanol–water partition coefficient (Wildman–Crippen LogP) is 5.41. The number of carbonyl (C=O) groups excluding carboxylic acids is 1. The van der Waals surface area contributed by atoms with Crippen molar-refractivity contribution in [2.45, 2.75) is 50.5 Å². The number of hydrogen-bond acceptors (Lipinski definition) is 2. The number of nitrogens with zero attached hydrogens (tertiary/aromatic N) is 1. The number of para-hydroxylation sites is 1. The van der Waals surface area contributed by atoms with Gasteiger partial charge in [0.1, 0.15) is 18.1 Å². The number of halogens is 4. The number of H-pyrrole nitrogens is 1. The van der Waals surface area contributed by atoms with Crippen LogP contribution in [0, 0.1) is 5.82 Å². The van der Waals surface area contributed by atoms with Crippen LogP contribution in [-0.4, -0.2) is 40.6 Å². The van der Waals surface area contributed by atoms with Gasteiger partial charge in [0.05, 0.1) is 0 Å². The van der Waals surface area contributed by atoms with Crippen molar-refractivity contribution < 1.29 is 22.4 Å². The van der Waals surface area contributed by atoms with Crippen LogP contribution in [0.4, 0.5) is 17.6 Å². The third kappa shape index (κ3) is 5.48. The molecule has 3 aromatic rings. The average Bonchev–Trinajstić information content (AvgIpc) is 3.21. The van der Waals surface area contributed by atoms with E-state index >= 15 is 0 Å². The van der Waals surface area contributed by atoms with E-state index in [4.69, 9.17) is 0 Å². The summed E-state index contributed by atoms with van der Waals surface area (Å²) >= 11 is 0. The van der Waals surface area contributed by atoms with Gasteiger partial charge in [-0.05, 0) is 55.5 Å². The first kappa shape index (κ1) is 22.3. The molecule has 2 unspecified atom stereocenters. The van der Waals surface area contributed by atoms with E-state index in [2.05, 4.69) is 10.3 Å². The van der Waals surface area contributed by atoms with Crippen LogP contribution in [0.15, 0.2) is 54.6 Å². The second-order valence-corrected chi connectivity index (χ2v) is 8.34. The maximum atomic E-state index is 13.4. The van der Waals surface area contributed by atoms with Gasteiger partial charge in [-0.1, -0.05) is 30.3 Å². The van der Waals surface area contributed by atoms with Crippen molar-refractivity contribution in [2.75, 3.05) is 6.54 Å². The zero-order chi connectivity index (χ0) is 22.7. The van der Waals surface area contributed by atoms with Gasteiger partial charge in [0, 0.05) is 29.5 Å². The Bertz CT molecular complexity index is 1030. The van der Waals surface area contributed by atoms with Gasteiger partial charge in [0.2, 0.25) is 0 Å². The van der Waals surface area contributed by atoms with Crippen LogP contribution in [-0.2, 0) is 6.54 Å². The second kappa shape index (κ2) is 9.32. The molecule has 4 rings (SSSR count). The minimum atomic E-state index is -4.49. The number of alkyl halides is 3. The van der Waals surface area contributed by atoms with Gasteiger partial charge in [-0.25, -0.2) is 4.39 Å². The summed E-state index contributed by atoms with van der Waals surface area (Å²) in [5.41, 5.74) is 1.77. The Morgan fingerprint density at radius 1 is 1.09 bits per heavy atom. The van der Waals surface area contributed by atoms with Crippen LogP contribution in [0.1, 0.15) is 41.7 Å². The zero-order valence-corrected chi connectivity index (χ0v) is 17.5. The number of hydrogen-bond donors (Lipinski definition) is 2. The summed E-state index contributed by atoms with van der Waals surface area (Å²) in [5, 5.41) is 4.14. The van der Waals surface area contributed by atoms with Crippen molar-refractivity contribution >= 4 is 16.8 Å². The van der Waals surface area contributed by atoms with Crippen molar-refractivity contribution in [2.24, 2.45) is 0 Å². The Kier molecular flexibility index (Phi) is 6.50. The highest BCUT2D eigenvalue weighted by atomic mass is 19.4. The quantitative estimate of drug-likeness (QED) is 0.496. The SMILES string of the molecule is O=C(c1cc2ccccc2[nH]1)N(CC(F)(F)F)C1CCCC(NCc2ccc(F)cc2)C1. The molecule has 1 heterocycles. The largest absolute Gasteiger partial charge is 0.406 e. The lowest BCUT2D eigenvalue weighted by Gasteiger charge is -2.38. The lowest BCUT2D eigenvalue weighted by molar-refractivity contribution is -0.146. The first-order chi connectivity index (χ1) is 15.3. The Morgan fingerprint density at radius 2 is 1.84 bits per heavy atom. The monoisotopic (exact) mass is 447 g/mol. The van der Waals surface area contributed by atoms with Crippen molar-refractivity contribution in [3.8, 4) is 0 Å². The molecular formula is C24H25F4N3O. The van der Waals surface area contributed by atoms with Crippen LogP contribution in [0.5, 0.6) is 0 Å². The predicted molar refractivity (Wildman–Crippen MR) is 115 cm³/mol. The molecule has 2 atom stereocenters. The Labute approximate surface area is 183 Å². The van der Waals surface area contributed by atoms with E-state index < -0.39 is 24.7 Å². The van der Waals surface area contributed by atoms with E-state index in [0.29, 0.717) is 24.9 Å². The Morgan fingerprint density at radius 3 is 2.56 bits per heavy atom. The Hall–Kier alpha value is -2.87. The number of aromatic nitrogens is 1. The molecule has 1 aliphatic carbocycles. The number of amides is 1. The molecule has 32 heavy (non-hydrogen) atoms. The van der Waals surface area contributed by atoms with Crippen LogP contribution in [0.25, 0.3) is 10.9 Å². The molecular weight excluding hydrogens is 422 g/mol. The highest BCUT2D eigenvalue weighted by molar-refractivity contribution is 5.98. The molecule has 1 amide bonds. The molecule has 0 radical (unpaired) electrons. The number of benzene rings is 2. The fourth-order valence-electron chi connectivity index (χ4n) is 4.40. The molecule has 1 aromatic heterocycles. The molecule has 4 nitrogen and oxygen atoms in total. The minimum Gasteiger partial charge on any atom is -0.351 e. The smallest absolute Gasteiger partial charge is 0.351 e. The van der Waals surface area contributed by atoms with Crippen LogP contribution in [0.3, 0.4) is 0 Å². The molecule has 0 aliphatic heterocycles. The first-order valence-electron chi connectivity index (χ1n) is 10.7. The van der Waals surface area contributed by atoms with Gasteiger partial charge >= 0.3 is 6.18 Å². The summed E-state index contributed by atoms with van der Waals surface area (Å²) in [7, 11) is 0. The van der Waals surface area contributed by atoms with Crippen molar-refractivity contribution in [1.29, 1.82) is 0 Å². The molecule has 1 aliphatic rings. The van der Waals surface area contributed by atoms with Crippen LogP contribution in [0.2, 0.25) is 0 Å². The molecule has 1 fully saturated rings. The Balaban J connectivity index is 1.48. The summed E-state index contributed by atoms with van der Waals surface area (Å²) in [6, 6.07) is 14.4. The normalized spacial score (nSPS) is 19.2. The first-order valence-corrected chi connectivity index (χ1v) is 10.7. The molecule has 170 valence electrons.